The molecule has 3 heterocycles. The van der Waals surface area contributed by atoms with Crippen LogP contribution < -0.4 is 4.90 Å². The largest absolute Gasteiger partial charge is 0.310 e. The summed E-state index contributed by atoms with van der Waals surface area (Å²) in [4.78, 5) is 7.03. The van der Waals surface area contributed by atoms with Crippen molar-refractivity contribution in [1.82, 2.24) is 9.55 Å². The first-order chi connectivity index (χ1) is 22.3. The molecule has 4 heteroatoms. The molecular weight excluding hydrogens is 567 g/mol. The molecule has 45 heavy (non-hydrogen) atoms. The van der Waals surface area contributed by atoms with Gasteiger partial charge in [0.1, 0.15) is 0 Å². The Hall–Kier alpha value is -5.71. The Kier molecular flexibility index (Phi) is 6.00. The fraction of sp³-hybridized carbons (Fsp3) is 0. The van der Waals surface area contributed by atoms with Crippen molar-refractivity contribution in [2.45, 2.75) is 0 Å². The summed E-state index contributed by atoms with van der Waals surface area (Å²) >= 11 is 1.85. The summed E-state index contributed by atoms with van der Waals surface area (Å²) in [5, 5.41) is 5.02. The maximum atomic E-state index is 4.62. The first-order valence-electron chi connectivity index (χ1n) is 15.1. The predicted octanol–water partition coefficient (Wildman–Crippen LogP) is 11.7. The van der Waals surface area contributed by atoms with Crippen LogP contribution in [-0.2, 0) is 0 Å². The number of aromatic nitrogens is 2. The Morgan fingerprint density at radius 2 is 1.27 bits per heavy atom. The Labute approximate surface area is 264 Å². The number of para-hydroxylation sites is 2. The predicted molar refractivity (Wildman–Crippen MR) is 192 cm³/mol. The molecule has 212 valence electrons. The van der Waals surface area contributed by atoms with Crippen molar-refractivity contribution < 1.29 is 0 Å². The molecule has 9 rings (SSSR count). The molecule has 0 atom stereocenters. The van der Waals surface area contributed by atoms with Crippen LogP contribution in [0.4, 0.5) is 17.1 Å². The standard InChI is InChI=1S/C41H27N3S/c1-2-13-29(14-3-1)43(31-23-24-40-34(27-31)32-16-5-7-22-39(32)45-40)37-20-11-21-38-41(37)33-17-4-6-19-36(33)44(38)30-15-10-12-28(26-30)35-18-8-9-25-42-35/h1-27H. The molecule has 3 nitrogen and oxygen atoms in total. The van der Waals surface area contributed by atoms with E-state index in [0.29, 0.717) is 0 Å². The van der Waals surface area contributed by atoms with Gasteiger partial charge in [0.15, 0.2) is 0 Å². The maximum absolute atomic E-state index is 4.62. The van der Waals surface area contributed by atoms with Crippen LogP contribution in [-0.4, -0.2) is 9.55 Å². The molecular formula is C41H27N3S. The number of fused-ring (bicyclic) bond motifs is 6. The molecule has 3 aromatic heterocycles. The molecule has 0 radical (unpaired) electrons. The number of benzene rings is 6. The molecule has 9 aromatic rings. The van der Waals surface area contributed by atoms with E-state index in [2.05, 4.69) is 160 Å². The van der Waals surface area contributed by atoms with Crippen LogP contribution in [0.2, 0.25) is 0 Å². The molecule has 0 saturated carbocycles. The third-order valence-corrected chi connectivity index (χ3v) is 9.77. The second kappa shape index (κ2) is 10.5. The normalized spacial score (nSPS) is 11.6. The van der Waals surface area contributed by atoms with E-state index in [1.54, 1.807) is 0 Å². The fourth-order valence-corrected chi connectivity index (χ4v) is 7.75. The van der Waals surface area contributed by atoms with Crippen LogP contribution in [0.3, 0.4) is 0 Å². The average molecular weight is 594 g/mol. The molecule has 0 amide bonds. The highest BCUT2D eigenvalue weighted by atomic mass is 32.1. The van der Waals surface area contributed by atoms with Crippen molar-refractivity contribution in [1.29, 1.82) is 0 Å². The Balaban J connectivity index is 1.32. The summed E-state index contributed by atoms with van der Waals surface area (Å²) in [6.07, 6.45) is 1.85. The number of thiophene rings is 1. The van der Waals surface area contributed by atoms with E-state index in [1.165, 1.54) is 36.5 Å². The van der Waals surface area contributed by atoms with Crippen molar-refractivity contribution in [2.75, 3.05) is 4.90 Å². The molecule has 0 aliphatic heterocycles. The molecule has 0 N–H and O–H groups in total. The van der Waals surface area contributed by atoms with Gasteiger partial charge < -0.3 is 9.47 Å². The minimum atomic E-state index is 0.965. The minimum Gasteiger partial charge on any atom is -0.310 e. The van der Waals surface area contributed by atoms with Gasteiger partial charge in [-0.15, -0.1) is 11.3 Å². The molecule has 6 aromatic carbocycles. The summed E-state index contributed by atoms with van der Waals surface area (Å²) in [6.45, 7) is 0. The van der Waals surface area contributed by atoms with Crippen molar-refractivity contribution >= 4 is 70.4 Å². The van der Waals surface area contributed by atoms with Gasteiger partial charge in [0, 0.05) is 59.8 Å². The molecule has 0 aliphatic carbocycles. The van der Waals surface area contributed by atoms with Gasteiger partial charge in [-0.3, -0.25) is 4.98 Å². The lowest BCUT2D eigenvalue weighted by Crippen LogP contribution is -2.10. The SMILES string of the molecule is c1ccc(N(c2ccc3sc4ccccc4c3c2)c2cccc3c2c2ccccc2n3-c2cccc(-c3ccccn3)c2)cc1. The summed E-state index contributed by atoms with van der Waals surface area (Å²) in [5.74, 6) is 0. The lowest BCUT2D eigenvalue weighted by atomic mass is 10.1. The van der Waals surface area contributed by atoms with E-state index in [0.717, 1.165) is 39.5 Å². The third kappa shape index (κ3) is 4.22. The van der Waals surface area contributed by atoms with E-state index >= 15 is 0 Å². The van der Waals surface area contributed by atoms with E-state index in [9.17, 15) is 0 Å². The monoisotopic (exact) mass is 593 g/mol. The maximum Gasteiger partial charge on any atom is 0.0702 e. The highest BCUT2D eigenvalue weighted by Gasteiger charge is 2.21. The van der Waals surface area contributed by atoms with Gasteiger partial charge in [-0.25, -0.2) is 0 Å². The first kappa shape index (κ1) is 25.8. The number of nitrogens with zero attached hydrogens (tertiary/aromatic N) is 3. The van der Waals surface area contributed by atoms with Crippen LogP contribution in [0.5, 0.6) is 0 Å². The Bertz CT molecular complexity index is 2490. The van der Waals surface area contributed by atoms with Crippen LogP contribution in [0.25, 0.3) is 58.9 Å². The van der Waals surface area contributed by atoms with Gasteiger partial charge in [0.25, 0.3) is 0 Å². The quantitative estimate of drug-likeness (QED) is 0.198. The van der Waals surface area contributed by atoms with Gasteiger partial charge in [-0.05, 0) is 78.9 Å². The number of anilines is 3. The molecule has 0 aliphatic rings. The van der Waals surface area contributed by atoms with Gasteiger partial charge in [0.2, 0.25) is 0 Å². The van der Waals surface area contributed by atoms with Crippen molar-refractivity contribution in [3.05, 3.63) is 164 Å². The summed E-state index contributed by atoms with van der Waals surface area (Å²) in [7, 11) is 0. The number of hydrogen-bond donors (Lipinski definition) is 0. The van der Waals surface area contributed by atoms with Crippen molar-refractivity contribution in [3.8, 4) is 16.9 Å². The molecule has 0 spiro atoms. The second-order valence-corrected chi connectivity index (χ2v) is 12.3. The molecule has 0 saturated heterocycles. The van der Waals surface area contributed by atoms with Crippen LogP contribution in [0, 0.1) is 0 Å². The summed E-state index contributed by atoms with van der Waals surface area (Å²) in [6, 6.07) is 56.5. The Morgan fingerprint density at radius 1 is 0.511 bits per heavy atom. The van der Waals surface area contributed by atoms with Crippen molar-refractivity contribution in [2.24, 2.45) is 0 Å². The minimum absolute atomic E-state index is 0.965. The van der Waals surface area contributed by atoms with Gasteiger partial charge in [-0.1, -0.05) is 78.9 Å². The van der Waals surface area contributed by atoms with Crippen LogP contribution in [0.15, 0.2) is 164 Å². The van der Waals surface area contributed by atoms with Crippen LogP contribution in [0.1, 0.15) is 0 Å². The highest BCUT2D eigenvalue weighted by Crippen LogP contribution is 2.45. The molecule has 0 fully saturated rings. The number of rotatable bonds is 5. The number of pyridine rings is 1. The molecule has 0 bridgehead atoms. The average Bonchev–Trinajstić information content (AvgIpc) is 3.65. The molecule has 0 unspecified atom stereocenters. The van der Waals surface area contributed by atoms with E-state index in [1.807, 2.05) is 29.7 Å². The van der Waals surface area contributed by atoms with E-state index in [4.69, 9.17) is 0 Å². The summed E-state index contributed by atoms with van der Waals surface area (Å²) < 4.78 is 5.00. The van der Waals surface area contributed by atoms with E-state index in [-0.39, 0.29) is 0 Å². The van der Waals surface area contributed by atoms with Crippen LogP contribution >= 0.6 is 11.3 Å². The lowest BCUT2D eigenvalue weighted by molar-refractivity contribution is 1.18. The second-order valence-electron chi connectivity index (χ2n) is 11.2. The first-order valence-corrected chi connectivity index (χ1v) is 16.0. The van der Waals surface area contributed by atoms with Gasteiger partial charge in [-0.2, -0.15) is 0 Å². The van der Waals surface area contributed by atoms with Gasteiger partial charge in [0.05, 0.1) is 22.4 Å². The zero-order valence-electron chi connectivity index (χ0n) is 24.3. The fourth-order valence-electron chi connectivity index (χ4n) is 6.66. The van der Waals surface area contributed by atoms with E-state index < -0.39 is 0 Å². The van der Waals surface area contributed by atoms with Gasteiger partial charge >= 0.3 is 0 Å². The Morgan fingerprint density at radius 3 is 2.16 bits per heavy atom. The highest BCUT2D eigenvalue weighted by molar-refractivity contribution is 7.25. The smallest absolute Gasteiger partial charge is 0.0702 e. The zero-order chi connectivity index (χ0) is 29.7. The topological polar surface area (TPSA) is 21.1 Å². The number of hydrogen-bond acceptors (Lipinski definition) is 3. The lowest BCUT2D eigenvalue weighted by Gasteiger charge is -2.26. The van der Waals surface area contributed by atoms with Crippen molar-refractivity contribution in [3.63, 3.8) is 0 Å². The summed E-state index contributed by atoms with van der Waals surface area (Å²) in [5.41, 5.74) is 8.91. The zero-order valence-corrected chi connectivity index (χ0v) is 25.2. The third-order valence-electron chi connectivity index (χ3n) is 8.61.